The van der Waals surface area contributed by atoms with Crippen molar-refractivity contribution in [2.75, 3.05) is 18.4 Å². The van der Waals surface area contributed by atoms with Crippen molar-refractivity contribution in [3.63, 3.8) is 0 Å². The highest BCUT2D eigenvalue weighted by atomic mass is 16.2. The first-order valence-corrected chi connectivity index (χ1v) is 10.1. The van der Waals surface area contributed by atoms with E-state index in [1.165, 1.54) is 0 Å². The van der Waals surface area contributed by atoms with Gasteiger partial charge in [-0.1, -0.05) is 12.1 Å². The molecule has 3 amide bonds. The maximum atomic E-state index is 12.9. The number of nitrogens with zero attached hydrogens (tertiary/aromatic N) is 4. The highest BCUT2D eigenvalue weighted by Crippen LogP contribution is 2.30. The van der Waals surface area contributed by atoms with Crippen molar-refractivity contribution in [1.82, 2.24) is 30.3 Å². The second kappa shape index (κ2) is 7.21. The first kappa shape index (κ1) is 18.7. The molecule has 0 spiro atoms. The van der Waals surface area contributed by atoms with E-state index in [0.717, 1.165) is 30.0 Å². The number of piperidine rings is 1. The van der Waals surface area contributed by atoms with Crippen molar-refractivity contribution < 1.29 is 14.4 Å². The van der Waals surface area contributed by atoms with Gasteiger partial charge in [0.15, 0.2) is 5.82 Å². The molecule has 1 aromatic carbocycles. The lowest BCUT2D eigenvalue weighted by molar-refractivity contribution is -0.136. The summed E-state index contributed by atoms with van der Waals surface area (Å²) in [5, 5.41) is 13.4. The number of rotatable bonds is 5. The Morgan fingerprint density at radius 3 is 2.80 bits per heavy atom. The monoisotopic (exact) mass is 409 g/mol. The molecule has 2 saturated heterocycles. The summed E-state index contributed by atoms with van der Waals surface area (Å²) in [6.45, 7) is 2.65. The van der Waals surface area contributed by atoms with Gasteiger partial charge in [-0.25, -0.2) is 4.68 Å². The van der Waals surface area contributed by atoms with E-state index in [2.05, 4.69) is 26.0 Å². The Kier molecular flexibility index (Phi) is 4.50. The number of fused-ring (bicyclic) bond motifs is 1. The highest BCUT2D eigenvalue weighted by molar-refractivity contribution is 6.05. The van der Waals surface area contributed by atoms with E-state index in [1.807, 2.05) is 19.2 Å². The number of anilines is 1. The number of benzene rings is 1. The number of hydrogen-bond acceptors (Lipinski definition) is 7. The third kappa shape index (κ3) is 3.13. The van der Waals surface area contributed by atoms with Crippen molar-refractivity contribution in [2.24, 2.45) is 7.05 Å². The lowest BCUT2D eigenvalue weighted by Gasteiger charge is -2.29. The highest BCUT2D eigenvalue weighted by Gasteiger charge is 2.39. The molecule has 3 aliphatic rings. The third-order valence-corrected chi connectivity index (χ3v) is 6.04. The lowest BCUT2D eigenvalue weighted by atomic mass is 10.0. The zero-order valence-electron chi connectivity index (χ0n) is 16.6. The fraction of sp³-hybridized carbons (Fsp3) is 0.450. The van der Waals surface area contributed by atoms with Crippen LogP contribution in [0.25, 0.3) is 0 Å². The maximum absolute atomic E-state index is 12.9. The summed E-state index contributed by atoms with van der Waals surface area (Å²) < 4.78 is 1.73. The standard InChI is InChI=1S/C20H23N7O3/c1-26-20(24-17(25-26)12-7-21-8-12)22-9-11-3-2-4-13-14(11)10-27(19(13)30)15-5-6-16(28)23-18(15)29/h2-4,12,15,21H,5-10H2,1H3,(H,22,24,25)(H,23,28,29). The molecular weight excluding hydrogens is 386 g/mol. The normalized spacial score (nSPS) is 21.4. The van der Waals surface area contributed by atoms with Gasteiger partial charge in [-0.05, 0) is 23.6 Å². The molecule has 30 heavy (non-hydrogen) atoms. The molecule has 1 aromatic heterocycles. The molecule has 0 aliphatic carbocycles. The molecule has 0 bridgehead atoms. The van der Waals surface area contributed by atoms with Crippen LogP contribution in [0, 0.1) is 0 Å². The zero-order valence-corrected chi connectivity index (χ0v) is 16.6. The second-order valence-corrected chi connectivity index (χ2v) is 7.97. The average Bonchev–Trinajstić information content (AvgIpc) is 3.19. The van der Waals surface area contributed by atoms with Gasteiger partial charge in [0.05, 0.1) is 0 Å². The molecule has 10 heteroatoms. The predicted molar refractivity (Wildman–Crippen MR) is 106 cm³/mol. The minimum absolute atomic E-state index is 0.167. The molecule has 4 heterocycles. The fourth-order valence-corrected chi connectivity index (χ4v) is 4.19. The molecule has 1 unspecified atom stereocenters. The summed E-state index contributed by atoms with van der Waals surface area (Å²) in [5.41, 5.74) is 2.49. The summed E-state index contributed by atoms with van der Waals surface area (Å²) in [7, 11) is 1.86. The van der Waals surface area contributed by atoms with Crippen LogP contribution >= 0.6 is 0 Å². The Balaban J connectivity index is 1.33. The maximum Gasteiger partial charge on any atom is 0.255 e. The van der Waals surface area contributed by atoms with Gasteiger partial charge >= 0.3 is 0 Å². The summed E-state index contributed by atoms with van der Waals surface area (Å²) in [5.74, 6) is 1.01. The van der Waals surface area contributed by atoms with Crippen LogP contribution < -0.4 is 16.0 Å². The minimum Gasteiger partial charge on any atom is -0.350 e. The summed E-state index contributed by atoms with van der Waals surface area (Å²) >= 11 is 0. The fourth-order valence-electron chi connectivity index (χ4n) is 4.19. The first-order chi connectivity index (χ1) is 14.5. The molecule has 1 atom stereocenters. The molecule has 156 valence electrons. The van der Waals surface area contributed by atoms with E-state index in [0.29, 0.717) is 36.9 Å². The number of imide groups is 1. The van der Waals surface area contributed by atoms with Crippen LogP contribution in [0.15, 0.2) is 18.2 Å². The van der Waals surface area contributed by atoms with E-state index in [4.69, 9.17) is 0 Å². The summed E-state index contributed by atoms with van der Waals surface area (Å²) in [6.07, 6.45) is 0.603. The van der Waals surface area contributed by atoms with Crippen LogP contribution in [0.1, 0.15) is 46.1 Å². The topological polar surface area (TPSA) is 121 Å². The number of hydrogen-bond donors (Lipinski definition) is 3. The molecular formula is C20H23N7O3. The Bertz CT molecular complexity index is 1040. The molecule has 3 N–H and O–H groups in total. The van der Waals surface area contributed by atoms with E-state index < -0.39 is 11.9 Å². The minimum atomic E-state index is -0.610. The van der Waals surface area contributed by atoms with Crippen LogP contribution in [0.2, 0.25) is 0 Å². The number of amides is 3. The zero-order chi connectivity index (χ0) is 20.8. The van der Waals surface area contributed by atoms with Gasteiger partial charge in [0, 0.05) is 51.1 Å². The number of aryl methyl sites for hydroxylation is 1. The smallest absolute Gasteiger partial charge is 0.255 e. The van der Waals surface area contributed by atoms with Crippen molar-refractivity contribution in [3.8, 4) is 0 Å². The predicted octanol–water partition coefficient (Wildman–Crippen LogP) is -0.125. The number of aromatic nitrogens is 3. The first-order valence-electron chi connectivity index (χ1n) is 10.1. The van der Waals surface area contributed by atoms with Gasteiger partial charge in [-0.2, -0.15) is 10.1 Å². The van der Waals surface area contributed by atoms with Crippen molar-refractivity contribution in [1.29, 1.82) is 0 Å². The Hall–Kier alpha value is -3.27. The average molecular weight is 409 g/mol. The van der Waals surface area contributed by atoms with Crippen LogP contribution in [0.3, 0.4) is 0 Å². The van der Waals surface area contributed by atoms with Crippen LogP contribution in [0.5, 0.6) is 0 Å². The second-order valence-electron chi connectivity index (χ2n) is 7.97. The number of carbonyl (C=O) groups is 3. The molecule has 2 fully saturated rings. The van der Waals surface area contributed by atoms with Gasteiger partial charge in [0.1, 0.15) is 6.04 Å². The van der Waals surface area contributed by atoms with Gasteiger partial charge in [0.25, 0.3) is 5.91 Å². The molecule has 0 saturated carbocycles. The van der Waals surface area contributed by atoms with Crippen molar-refractivity contribution in [3.05, 3.63) is 40.7 Å². The SMILES string of the molecule is Cn1nc(C2CNC2)nc1NCc1cccc2c1CN(C1CCC(=O)NC1=O)C2=O. The van der Waals surface area contributed by atoms with Crippen molar-refractivity contribution in [2.45, 2.75) is 37.9 Å². The molecule has 0 radical (unpaired) electrons. The quantitative estimate of drug-likeness (QED) is 0.589. The summed E-state index contributed by atoms with van der Waals surface area (Å²) in [4.78, 5) is 42.8. The number of nitrogens with one attached hydrogen (secondary N) is 3. The van der Waals surface area contributed by atoms with Gasteiger partial charge in [-0.3, -0.25) is 19.7 Å². The molecule has 10 nitrogen and oxygen atoms in total. The van der Waals surface area contributed by atoms with Gasteiger partial charge < -0.3 is 15.5 Å². The molecule has 5 rings (SSSR count). The largest absolute Gasteiger partial charge is 0.350 e. The molecule has 3 aliphatic heterocycles. The summed E-state index contributed by atoms with van der Waals surface area (Å²) in [6, 6.07) is 5.00. The lowest BCUT2D eigenvalue weighted by Crippen LogP contribution is -2.52. The third-order valence-electron chi connectivity index (χ3n) is 6.04. The van der Waals surface area contributed by atoms with Crippen LogP contribution in [-0.4, -0.2) is 56.5 Å². The van der Waals surface area contributed by atoms with E-state index in [1.54, 1.807) is 15.6 Å². The Morgan fingerprint density at radius 1 is 1.23 bits per heavy atom. The number of carbonyl (C=O) groups excluding carboxylic acids is 3. The van der Waals surface area contributed by atoms with Crippen LogP contribution in [0.4, 0.5) is 5.95 Å². The van der Waals surface area contributed by atoms with E-state index in [-0.39, 0.29) is 18.2 Å². The van der Waals surface area contributed by atoms with E-state index in [9.17, 15) is 14.4 Å². The Labute approximate surface area is 173 Å². The van der Waals surface area contributed by atoms with Gasteiger partial charge in [0.2, 0.25) is 17.8 Å². The van der Waals surface area contributed by atoms with Crippen molar-refractivity contribution >= 4 is 23.7 Å². The van der Waals surface area contributed by atoms with Gasteiger partial charge in [-0.15, -0.1) is 0 Å². The van der Waals surface area contributed by atoms with Crippen LogP contribution in [-0.2, 0) is 29.7 Å². The molecule has 2 aromatic rings. The Morgan fingerprint density at radius 2 is 2.07 bits per heavy atom. The van der Waals surface area contributed by atoms with E-state index >= 15 is 0 Å².